The van der Waals surface area contributed by atoms with E-state index in [-0.39, 0.29) is 53.5 Å². The highest BCUT2D eigenvalue weighted by atomic mass is 17.2. The number of allylic oxidation sites excluding steroid dienone is 2. The summed E-state index contributed by atoms with van der Waals surface area (Å²) in [5.41, 5.74) is 6.45. The van der Waals surface area contributed by atoms with Crippen LogP contribution in [0.4, 0.5) is 0 Å². The van der Waals surface area contributed by atoms with Crippen molar-refractivity contribution in [3.63, 3.8) is 0 Å². The molecule has 6 saturated carbocycles. The molecule has 4 aromatic carbocycles. The SMILES string of the molecule is CC(C)=O.COOCC1CCC(CCC(=O)CCC2CCC(C(=O)OC)CC2)CC1.COOCC1CCC(CCC(O)CCC2CCC(C(=O)OC)CC2)CC1.COOCc1ccc(/C=C/C(=O)/C=C/c2ccc(C(=O)OC)cc2)cc1.COOCc1ccc(C=O)cc1.COOCc1ccc(C=O)cc1.OCC1CCC(CCC(O)CCC2CCC(CO)CC2)CC1. The van der Waals surface area contributed by atoms with Gasteiger partial charge in [0.05, 0.1) is 99.7 Å². The molecule has 0 aliphatic heterocycles. The Labute approximate surface area is 763 Å². The fourth-order valence-corrected chi connectivity index (χ4v) is 17.4. The molecule has 6 aliphatic rings. The molecule has 4 N–H and O–H groups in total. The zero-order valence-electron chi connectivity index (χ0n) is 78.6. The van der Waals surface area contributed by atoms with Crippen molar-refractivity contribution in [1.29, 1.82) is 0 Å². The molecule has 0 aromatic heterocycles. The number of aliphatic hydroxyl groups is 4. The summed E-state index contributed by atoms with van der Waals surface area (Å²) in [5.74, 6) is 6.75. The van der Waals surface area contributed by atoms with E-state index >= 15 is 0 Å². The lowest BCUT2D eigenvalue weighted by Gasteiger charge is -2.29. The van der Waals surface area contributed by atoms with Gasteiger partial charge in [0, 0.05) is 37.2 Å². The van der Waals surface area contributed by atoms with Gasteiger partial charge in [-0.15, -0.1) is 0 Å². The number of carbonyl (C=O) groups is 8. The van der Waals surface area contributed by atoms with Gasteiger partial charge in [-0.25, -0.2) is 53.7 Å². The summed E-state index contributed by atoms with van der Waals surface area (Å²) in [5, 5.41) is 38.9. The van der Waals surface area contributed by atoms with Gasteiger partial charge < -0.3 is 39.4 Å². The van der Waals surface area contributed by atoms with Crippen molar-refractivity contribution in [2.24, 2.45) is 71.0 Å². The maximum atomic E-state index is 12.2. The number of hydrogen-bond donors (Lipinski definition) is 4. The monoisotopic (exact) mass is 1790 g/mol. The molecular weight excluding hydrogens is 1640 g/mol. The average molecular weight is 1790 g/mol. The van der Waals surface area contributed by atoms with Gasteiger partial charge in [0.1, 0.15) is 44.0 Å². The Balaban J connectivity index is 0.000000325. The van der Waals surface area contributed by atoms with Crippen LogP contribution in [0.5, 0.6) is 0 Å². The molecule has 0 heterocycles. The van der Waals surface area contributed by atoms with Crippen molar-refractivity contribution in [1.82, 2.24) is 0 Å². The van der Waals surface area contributed by atoms with E-state index in [2.05, 4.69) is 24.3 Å². The summed E-state index contributed by atoms with van der Waals surface area (Å²) in [6, 6.07) is 28.6. The van der Waals surface area contributed by atoms with Gasteiger partial charge in [0.25, 0.3) is 0 Å². The maximum absolute atomic E-state index is 12.2. The number of methoxy groups -OCH3 is 3. The predicted molar refractivity (Wildman–Crippen MR) is 492 cm³/mol. The Morgan fingerprint density at radius 1 is 0.336 bits per heavy atom. The highest BCUT2D eigenvalue weighted by Gasteiger charge is 2.31. The first-order valence-corrected chi connectivity index (χ1v) is 46.8. The second-order valence-electron chi connectivity index (χ2n) is 35.4. The Morgan fingerprint density at radius 3 is 0.859 bits per heavy atom. The van der Waals surface area contributed by atoms with Crippen LogP contribution in [0.2, 0.25) is 0 Å². The maximum Gasteiger partial charge on any atom is 0.337 e. The van der Waals surface area contributed by atoms with Crippen LogP contribution < -0.4 is 0 Å². The molecule has 0 bridgehead atoms. The lowest BCUT2D eigenvalue weighted by atomic mass is 9.78. The van der Waals surface area contributed by atoms with E-state index in [0.717, 1.165) is 180 Å². The normalized spacial score (nSPS) is 22.4. The lowest BCUT2D eigenvalue weighted by Crippen LogP contribution is -2.23. The third-order valence-corrected chi connectivity index (χ3v) is 25.7. The van der Waals surface area contributed by atoms with Crippen LogP contribution in [0, 0.1) is 71.0 Å². The topological polar surface area (TPSA) is 337 Å². The van der Waals surface area contributed by atoms with Crippen LogP contribution in [-0.2, 0) is 107 Å². The van der Waals surface area contributed by atoms with Crippen molar-refractivity contribution in [3.05, 3.63) is 154 Å². The molecule has 0 amide bonds. The van der Waals surface area contributed by atoms with E-state index in [0.29, 0.717) is 117 Å². The molecule has 25 heteroatoms. The van der Waals surface area contributed by atoms with Gasteiger partial charge >= 0.3 is 17.9 Å². The highest BCUT2D eigenvalue weighted by Crippen LogP contribution is 2.39. The summed E-state index contributed by atoms with van der Waals surface area (Å²) < 4.78 is 14.3. The molecule has 0 spiro atoms. The van der Waals surface area contributed by atoms with Crippen LogP contribution in [0.1, 0.15) is 304 Å². The Hall–Kier alpha value is -7.44. The fourth-order valence-electron chi connectivity index (χ4n) is 17.4. The number of ketones is 3. The number of hydrogen-bond acceptors (Lipinski definition) is 25. The second-order valence-corrected chi connectivity index (χ2v) is 35.4. The molecule has 0 radical (unpaired) electrons. The highest BCUT2D eigenvalue weighted by molar-refractivity contribution is 6.04. The third-order valence-electron chi connectivity index (χ3n) is 25.7. The lowest BCUT2D eigenvalue weighted by molar-refractivity contribution is -0.282. The van der Waals surface area contributed by atoms with Gasteiger partial charge in [0.15, 0.2) is 5.78 Å². The van der Waals surface area contributed by atoms with Gasteiger partial charge in [-0.05, 0) is 292 Å². The van der Waals surface area contributed by atoms with Crippen LogP contribution in [0.15, 0.2) is 109 Å². The molecule has 718 valence electrons. The zero-order valence-corrected chi connectivity index (χ0v) is 78.6. The van der Waals surface area contributed by atoms with Crippen molar-refractivity contribution in [2.45, 2.75) is 277 Å². The molecule has 25 nitrogen and oxygen atoms in total. The summed E-state index contributed by atoms with van der Waals surface area (Å²) in [6.45, 7) is 6.34. The number of ether oxygens (including phenoxy) is 3. The molecule has 6 fully saturated rings. The summed E-state index contributed by atoms with van der Waals surface area (Å²) in [4.78, 5) is 136. The first-order chi connectivity index (χ1) is 62.0. The molecule has 1 atom stereocenters. The van der Waals surface area contributed by atoms with Gasteiger partial charge in [-0.1, -0.05) is 148 Å². The molecule has 6 aliphatic carbocycles. The summed E-state index contributed by atoms with van der Waals surface area (Å²) in [6.07, 6.45) is 47.0. The van der Waals surface area contributed by atoms with Crippen LogP contribution in [0.3, 0.4) is 0 Å². The minimum absolute atomic E-state index is 0.0491. The van der Waals surface area contributed by atoms with Crippen molar-refractivity contribution >= 4 is 60.0 Å². The molecule has 10 rings (SSSR count). The van der Waals surface area contributed by atoms with Crippen LogP contribution in [-0.4, -0.2) is 164 Å². The second kappa shape index (κ2) is 70.4. The van der Waals surface area contributed by atoms with Crippen molar-refractivity contribution < 1.29 is 122 Å². The van der Waals surface area contributed by atoms with Crippen molar-refractivity contribution in [2.75, 3.05) is 83.3 Å². The van der Waals surface area contributed by atoms with E-state index in [4.69, 9.17) is 49.0 Å². The first kappa shape index (κ1) is 113. The largest absolute Gasteiger partial charge is 0.469 e. The number of aldehydes is 2. The third kappa shape index (κ3) is 51.4. The Morgan fingerprint density at radius 2 is 0.594 bits per heavy atom. The molecule has 128 heavy (non-hydrogen) atoms. The van der Waals surface area contributed by atoms with E-state index < -0.39 is 0 Å². The molecule has 0 saturated heterocycles. The predicted octanol–water partition coefficient (Wildman–Crippen LogP) is 19.9. The van der Waals surface area contributed by atoms with Crippen molar-refractivity contribution in [3.8, 4) is 0 Å². The summed E-state index contributed by atoms with van der Waals surface area (Å²) >= 11 is 0. The average Bonchev–Trinajstić information content (AvgIpc) is 0.886. The fraction of sp³-hybridized carbons (Fsp3) is 0.650. The standard InChI is InChI=1S/C21H38O5.C21H36O5.C21H20O5.C19H36O3.2C9H10O3.C3H6O/c3*1-24-21(23)19-11-7-17(8-12-19)10-14-20(22)13-9-16-3-5-18(6-4-16)15-26-25-2;20-13-17-5-1-15(2-6-17)9-11-19(22)12-10-16-3-7-18(14-21)8-4-16;2*1-11-12-7-9-4-2-8(6-10)3-5-9;1-3(2)4/h16-20,22H,3-15H2,1-2H3;16-19H,3-15H2,1-2H3;3-14H,15H2,1-2H3;15-22H,1-14H2;2*2-6H,7H2,1H3;1-2H3/b;;13-9+,14-10+;;;;. The van der Waals surface area contributed by atoms with Crippen LogP contribution >= 0.6 is 0 Å². The zero-order chi connectivity index (χ0) is 93.3. The number of rotatable bonds is 44. The van der Waals surface area contributed by atoms with E-state index in [1.54, 1.807) is 74.9 Å². The number of esters is 3. The van der Waals surface area contributed by atoms with E-state index in [1.807, 2.05) is 48.5 Å². The van der Waals surface area contributed by atoms with E-state index in [9.17, 15) is 48.6 Å². The Kier molecular flexibility index (Phi) is 62.0. The molecule has 4 aromatic rings. The van der Waals surface area contributed by atoms with Gasteiger partial charge in [0.2, 0.25) is 0 Å². The number of Topliss-reactive ketones (excluding diaryl/α,β-unsaturated/α-hetero) is 2. The summed E-state index contributed by atoms with van der Waals surface area (Å²) in [7, 11) is 11.8. The van der Waals surface area contributed by atoms with E-state index in [1.165, 1.54) is 171 Å². The number of carbonyl (C=O) groups excluding carboxylic acids is 8. The smallest absolute Gasteiger partial charge is 0.337 e. The quantitative estimate of drug-likeness (QED) is 0.00798. The first-order valence-electron chi connectivity index (χ1n) is 46.8. The number of aliphatic hydroxyl groups excluding tert-OH is 4. The number of benzene rings is 4. The Bertz CT molecular complexity index is 3530. The molecular formula is C103H156O25. The molecule has 1 unspecified atom stereocenters. The van der Waals surface area contributed by atoms with Crippen LogP contribution in [0.25, 0.3) is 12.2 Å². The minimum atomic E-state index is -0.389. The minimum Gasteiger partial charge on any atom is -0.469 e. The van der Waals surface area contributed by atoms with Gasteiger partial charge in [-0.3, -0.25) is 28.8 Å². The van der Waals surface area contributed by atoms with Gasteiger partial charge in [-0.2, -0.15) is 0 Å².